The van der Waals surface area contributed by atoms with E-state index in [1.54, 1.807) is 19.2 Å². The Balaban J connectivity index is 2.07. The van der Waals surface area contributed by atoms with E-state index in [4.69, 9.17) is 0 Å². The van der Waals surface area contributed by atoms with Crippen LogP contribution in [0.25, 0.3) is 0 Å². The highest BCUT2D eigenvalue weighted by molar-refractivity contribution is 7.91. The van der Waals surface area contributed by atoms with Crippen molar-refractivity contribution in [1.82, 2.24) is 9.88 Å². The van der Waals surface area contributed by atoms with Gasteiger partial charge in [-0.25, -0.2) is 13.4 Å². The molecule has 2 rings (SSSR count). The van der Waals surface area contributed by atoms with Crippen molar-refractivity contribution in [3.05, 3.63) is 23.9 Å². The largest absolute Gasteiger partial charge is 0.370 e. The molecule has 1 aliphatic rings. The molecule has 1 saturated heterocycles. The summed E-state index contributed by atoms with van der Waals surface area (Å²) in [6, 6.07) is 3.21. The van der Waals surface area contributed by atoms with Gasteiger partial charge in [0, 0.05) is 25.8 Å². The maximum Gasteiger partial charge on any atom is 0.255 e. The van der Waals surface area contributed by atoms with Gasteiger partial charge in [-0.15, -0.1) is 0 Å². The molecule has 1 atom stereocenters. The third-order valence-corrected chi connectivity index (χ3v) is 5.20. The third kappa shape index (κ3) is 3.27. The molecule has 0 radical (unpaired) electrons. The Hall–Kier alpha value is -1.63. The van der Waals surface area contributed by atoms with Crippen LogP contribution in [-0.2, 0) is 9.84 Å². The van der Waals surface area contributed by atoms with Crippen LogP contribution in [0.1, 0.15) is 23.7 Å². The lowest BCUT2D eigenvalue weighted by Gasteiger charge is -2.23. The lowest BCUT2D eigenvalue weighted by molar-refractivity contribution is 0.0747. The zero-order chi connectivity index (χ0) is 14.8. The number of hydrogen-bond donors (Lipinski definition) is 1. The fraction of sp³-hybridized carbons (Fsp3) is 0.538. The monoisotopic (exact) mass is 297 g/mol. The molecule has 20 heavy (non-hydrogen) atoms. The van der Waals surface area contributed by atoms with Crippen LogP contribution >= 0.6 is 0 Å². The van der Waals surface area contributed by atoms with E-state index in [-0.39, 0.29) is 23.5 Å². The smallest absolute Gasteiger partial charge is 0.255 e. The Kier molecular flexibility index (Phi) is 4.27. The van der Waals surface area contributed by atoms with E-state index in [2.05, 4.69) is 10.3 Å². The fourth-order valence-corrected chi connectivity index (χ4v) is 4.03. The van der Waals surface area contributed by atoms with E-state index in [9.17, 15) is 13.2 Å². The summed E-state index contributed by atoms with van der Waals surface area (Å²) in [5.74, 6) is 0.739. The highest BCUT2D eigenvalue weighted by Gasteiger charge is 2.33. The first kappa shape index (κ1) is 14.8. The second kappa shape index (κ2) is 5.78. The molecule has 1 fully saturated rings. The van der Waals surface area contributed by atoms with Gasteiger partial charge in [-0.05, 0) is 25.5 Å². The van der Waals surface area contributed by atoms with Gasteiger partial charge in [-0.2, -0.15) is 0 Å². The Morgan fingerprint density at radius 2 is 2.25 bits per heavy atom. The molecule has 0 spiro atoms. The standard InChI is InChI=1S/C13H19N3O3S/c1-3-14-12-5-4-10(8-15-12)13(17)16(2)11-6-7-20(18,19)9-11/h4-5,8,11H,3,6-7,9H2,1-2H3,(H,14,15). The van der Waals surface area contributed by atoms with Crippen LogP contribution in [0, 0.1) is 0 Å². The molecule has 0 bridgehead atoms. The van der Waals surface area contributed by atoms with Crippen LogP contribution in [0.3, 0.4) is 0 Å². The van der Waals surface area contributed by atoms with Crippen molar-refractivity contribution in [2.75, 3.05) is 30.4 Å². The number of amides is 1. The molecule has 1 amide bonds. The number of anilines is 1. The lowest BCUT2D eigenvalue weighted by Crippen LogP contribution is -2.37. The van der Waals surface area contributed by atoms with E-state index < -0.39 is 9.84 Å². The molecule has 1 unspecified atom stereocenters. The lowest BCUT2D eigenvalue weighted by atomic mass is 10.2. The summed E-state index contributed by atoms with van der Waals surface area (Å²) in [5.41, 5.74) is 0.471. The highest BCUT2D eigenvalue weighted by atomic mass is 32.2. The molecule has 0 aliphatic carbocycles. The minimum atomic E-state index is -2.99. The second-order valence-electron chi connectivity index (χ2n) is 4.94. The number of hydrogen-bond acceptors (Lipinski definition) is 5. The number of aromatic nitrogens is 1. The molecule has 0 aromatic carbocycles. The number of sulfone groups is 1. The Morgan fingerprint density at radius 3 is 2.75 bits per heavy atom. The van der Waals surface area contributed by atoms with Gasteiger partial charge < -0.3 is 10.2 Å². The Labute approximate surface area is 119 Å². The maximum atomic E-state index is 12.3. The topological polar surface area (TPSA) is 79.4 Å². The van der Waals surface area contributed by atoms with E-state index in [0.29, 0.717) is 12.0 Å². The zero-order valence-electron chi connectivity index (χ0n) is 11.7. The first-order valence-electron chi connectivity index (χ1n) is 6.60. The van der Waals surface area contributed by atoms with Gasteiger partial charge in [-0.3, -0.25) is 4.79 Å². The molecule has 1 aliphatic heterocycles. The van der Waals surface area contributed by atoms with Gasteiger partial charge in [0.05, 0.1) is 17.1 Å². The van der Waals surface area contributed by atoms with Gasteiger partial charge in [0.25, 0.3) is 5.91 Å². The average molecular weight is 297 g/mol. The number of nitrogens with one attached hydrogen (secondary N) is 1. The summed E-state index contributed by atoms with van der Waals surface area (Å²) in [5, 5.41) is 3.05. The molecule has 110 valence electrons. The summed E-state index contributed by atoms with van der Waals surface area (Å²) in [6.07, 6.45) is 2.02. The minimum Gasteiger partial charge on any atom is -0.370 e. The predicted molar refractivity (Wildman–Crippen MR) is 77.6 cm³/mol. The Morgan fingerprint density at radius 1 is 1.50 bits per heavy atom. The molecular formula is C13H19N3O3S. The van der Waals surface area contributed by atoms with E-state index in [0.717, 1.165) is 12.4 Å². The van der Waals surface area contributed by atoms with Crippen molar-refractivity contribution in [3.8, 4) is 0 Å². The number of pyridine rings is 1. The first-order chi connectivity index (χ1) is 9.43. The molecule has 2 heterocycles. The molecule has 1 N–H and O–H groups in total. The SMILES string of the molecule is CCNc1ccc(C(=O)N(C)C2CCS(=O)(=O)C2)cn1. The van der Waals surface area contributed by atoms with Gasteiger partial charge in [0.15, 0.2) is 9.84 Å². The van der Waals surface area contributed by atoms with Crippen molar-refractivity contribution in [2.45, 2.75) is 19.4 Å². The summed E-state index contributed by atoms with van der Waals surface area (Å²) in [4.78, 5) is 17.9. The van der Waals surface area contributed by atoms with Crippen LogP contribution < -0.4 is 5.32 Å². The molecule has 7 heteroatoms. The van der Waals surface area contributed by atoms with Crippen molar-refractivity contribution < 1.29 is 13.2 Å². The quantitative estimate of drug-likeness (QED) is 0.888. The zero-order valence-corrected chi connectivity index (χ0v) is 12.5. The minimum absolute atomic E-state index is 0.0537. The number of carbonyl (C=O) groups excluding carboxylic acids is 1. The highest BCUT2D eigenvalue weighted by Crippen LogP contribution is 2.18. The second-order valence-corrected chi connectivity index (χ2v) is 7.16. The first-order valence-corrected chi connectivity index (χ1v) is 8.42. The maximum absolute atomic E-state index is 12.3. The summed E-state index contributed by atoms with van der Waals surface area (Å²) in [7, 11) is -1.34. The van der Waals surface area contributed by atoms with Crippen molar-refractivity contribution in [2.24, 2.45) is 0 Å². The summed E-state index contributed by atoms with van der Waals surface area (Å²) >= 11 is 0. The van der Waals surface area contributed by atoms with Crippen molar-refractivity contribution in [3.63, 3.8) is 0 Å². The summed E-state index contributed by atoms with van der Waals surface area (Å²) < 4.78 is 22.9. The van der Waals surface area contributed by atoms with Gasteiger partial charge in [0.1, 0.15) is 5.82 Å². The van der Waals surface area contributed by atoms with Crippen LogP contribution in [0.15, 0.2) is 18.3 Å². The van der Waals surface area contributed by atoms with Gasteiger partial charge in [-0.1, -0.05) is 0 Å². The van der Waals surface area contributed by atoms with Crippen LogP contribution in [0.4, 0.5) is 5.82 Å². The van der Waals surface area contributed by atoms with Crippen LogP contribution in [0.2, 0.25) is 0 Å². The third-order valence-electron chi connectivity index (χ3n) is 3.44. The normalized spacial score (nSPS) is 20.6. The number of nitrogens with zero attached hydrogens (tertiary/aromatic N) is 2. The average Bonchev–Trinajstić information content (AvgIpc) is 2.79. The fourth-order valence-electron chi connectivity index (χ4n) is 2.26. The van der Waals surface area contributed by atoms with E-state index >= 15 is 0 Å². The van der Waals surface area contributed by atoms with Crippen molar-refractivity contribution in [1.29, 1.82) is 0 Å². The summed E-state index contributed by atoms with van der Waals surface area (Å²) in [6.45, 7) is 2.73. The Bertz CT molecular complexity index is 583. The molecular weight excluding hydrogens is 278 g/mol. The molecule has 0 saturated carbocycles. The van der Waals surface area contributed by atoms with E-state index in [1.807, 2.05) is 6.92 Å². The number of carbonyl (C=O) groups is 1. The van der Waals surface area contributed by atoms with E-state index in [1.165, 1.54) is 11.1 Å². The molecule has 1 aromatic rings. The van der Waals surface area contributed by atoms with Gasteiger partial charge >= 0.3 is 0 Å². The van der Waals surface area contributed by atoms with Crippen LogP contribution in [0.5, 0.6) is 0 Å². The van der Waals surface area contributed by atoms with Crippen LogP contribution in [-0.4, -0.2) is 55.3 Å². The molecule has 6 nitrogen and oxygen atoms in total. The molecule has 1 aromatic heterocycles. The van der Waals surface area contributed by atoms with Crippen molar-refractivity contribution >= 4 is 21.6 Å². The van der Waals surface area contributed by atoms with Gasteiger partial charge in [0.2, 0.25) is 0 Å². The number of rotatable bonds is 4. The predicted octanol–water partition coefficient (Wildman–Crippen LogP) is 0.772.